The quantitative estimate of drug-likeness (QED) is 0.824. The molecule has 0 aliphatic heterocycles. The molecule has 21 heavy (non-hydrogen) atoms. The first-order valence-corrected chi connectivity index (χ1v) is 6.56. The highest BCUT2D eigenvalue weighted by molar-refractivity contribution is 6.31. The molecule has 0 spiro atoms. The molecule has 0 saturated carbocycles. The van der Waals surface area contributed by atoms with Gasteiger partial charge in [0.15, 0.2) is 0 Å². The molecule has 0 heterocycles. The molecular formula is C15H12ClF4N. The summed E-state index contributed by atoms with van der Waals surface area (Å²) >= 11 is 5.84. The van der Waals surface area contributed by atoms with Crippen LogP contribution >= 0.6 is 11.6 Å². The Bertz CT molecular complexity index is 637. The SMILES string of the molecule is CNC(Cc1cccc(F)c1Cl)c1c(F)cc(F)cc1F. The number of rotatable bonds is 4. The van der Waals surface area contributed by atoms with Crippen molar-refractivity contribution in [2.24, 2.45) is 0 Å². The molecule has 1 nitrogen and oxygen atoms in total. The minimum absolute atomic E-state index is 0.0621. The van der Waals surface area contributed by atoms with E-state index in [1.54, 1.807) is 6.07 Å². The summed E-state index contributed by atoms with van der Waals surface area (Å²) < 4.78 is 54.0. The van der Waals surface area contributed by atoms with Gasteiger partial charge in [-0.3, -0.25) is 0 Å². The van der Waals surface area contributed by atoms with Gasteiger partial charge in [-0.05, 0) is 25.1 Å². The van der Waals surface area contributed by atoms with Crippen molar-refractivity contribution in [2.75, 3.05) is 7.05 Å². The number of benzene rings is 2. The number of hydrogen-bond donors (Lipinski definition) is 1. The Morgan fingerprint density at radius 3 is 2.24 bits per heavy atom. The molecule has 0 saturated heterocycles. The maximum atomic E-state index is 13.8. The van der Waals surface area contributed by atoms with Crippen molar-refractivity contribution < 1.29 is 17.6 Å². The molecular weight excluding hydrogens is 306 g/mol. The van der Waals surface area contributed by atoms with Crippen LogP contribution in [0.4, 0.5) is 17.6 Å². The van der Waals surface area contributed by atoms with Gasteiger partial charge in [0.05, 0.1) is 5.02 Å². The van der Waals surface area contributed by atoms with Gasteiger partial charge in [-0.1, -0.05) is 23.7 Å². The van der Waals surface area contributed by atoms with Gasteiger partial charge in [0, 0.05) is 23.7 Å². The highest BCUT2D eigenvalue weighted by atomic mass is 35.5. The van der Waals surface area contributed by atoms with Gasteiger partial charge in [0.1, 0.15) is 23.3 Å². The maximum absolute atomic E-state index is 13.8. The second-order valence-corrected chi connectivity index (χ2v) is 4.92. The zero-order chi connectivity index (χ0) is 15.6. The van der Waals surface area contributed by atoms with Crippen molar-refractivity contribution in [3.63, 3.8) is 0 Å². The van der Waals surface area contributed by atoms with Crippen molar-refractivity contribution in [3.05, 3.63) is 69.8 Å². The third kappa shape index (κ3) is 3.36. The lowest BCUT2D eigenvalue weighted by Gasteiger charge is -2.19. The average molecular weight is 318 g/mol. The molecule has 0 bridgehead atoms. The third-order valence-electron chi connectivity index (χ3n) is 3.20. The summed E-state index contributed by atoms with van der Waals surface area (Å²) in [7, 11) is 1.50. The predicted molar refractivity (Wildman–Crippen MR) is 73.2 cm³/mol. The van der Waals surface area contributed by atoms with Gasteiger partial charge in [0.2, 0.25) is 0 Å². The van der Waals surface area contributed by atoms with E-state index in [1.807, 2.05) is 0 Å². The van der Waals surface area contributed by atoms with Crippen LogP contribution in [-0.4, -0.2) is 7.05 Å². The van der Waals surface area contributed by atoms with E-state index >= 15 is 0 Å². The van der Waals surface area contributed by atoms with Crippen LogP contribution in [0.3, 0.4) is 0 Å². The molecule has 0 amide bonds. The summed E-state index contributed by atoms with van der Waals surface area (Å²) in [5.41, 5.74) is 0.0957. The fourth-order valence-electron chi connectivity index (χ4n) is 2.16. The molecule has 2 aromatic rings. The Morgan fingerprint density at radius 1 is 1.05 bits per heavy atom. The summed E-state index contributed by atoms with van der Waals surface area (Å²) in [4.78, 5) is 0. The number of likely N-dealkylation sites (N-methyl/N-ethyl adjacent to an activating group) is 1. The molecule has 1 atom stereocenters. The highest BCUT2D eigenvalue weighted by Gasteiger charge is 2.22. The summed E-state index contributed by atoms with van der Waals surface area (Å²) in [6.07, 6.45) is 0.0621. The molecule has 0 radical (unpaired) electrons. The Balaban J connectivity index is 2.39. The third-order valence-corrected chi connectivity index (χ3v) is 3.62. The lowest BCUT2D eigenvalue weighted by Crippen LogP contribution is -2.22. The molecule has 0 aliphatic rings. The van der Waals surface area contributed by atoms with Crippen molar-refractivity contribution >= 4 is 11.6 Å². The molecule has 112 valence electrons. The van der Waals surface area contributed by atoms with Crippen LogP contribution in [-0.2, 0) is 6.42 Å². The summed E-state index contributed by atoms with van der Waals surface area (Å²) in [5.74, 6) is -3.60. The van der Waals surface area contributed by atoms with Crippen molar-refractivity contribution in [1.82, 2.24) is 5.32 Å². The molecule has 0 fully saturated rings. The highest BCUT2D eigenvalue weighted by Crippen LogP contribution is 2.28. The molecule has 1 N–H and O–H groups in total. The zero-order valence-corrected chi connectivity index (χ0v) is 11.8. The molecule has 1 unspecified atom stereocenters. The smallest absolute Gasteiger partial charge is 0.142 e. The number of nitrogens with one attached hydrogen (secondary N) is 1. The van der Waals surface area contributed by atoms with E-state index in [1.165, 1.54) is 19.2 Å². The molecule has 2 aromatic carbocycles. The van der Waals surface area contributed by atoms with Crippen LogP contribution in [0.2, 0.25) is 5.02 Å². The maximum Gasteiger partial charge on any atom is 0.142 e. The van der Waals surface area contributed by atoms with Crippen LogP contribution in [0, 0.1) is 23.3 Å². The Labute approximate surface area is 124 Å². The first-order chi connectivity index (χ1) is 9.93. The van der Waals surface area contributed by atoms with E-state index in [2.05, 4.69) is 5.32 Å². The van der Waals surface area contributed by atoms with E-state index in [4.69, 9.17) is 11.6 Å². The second kappa shape index (κ2) is 6.45. The van der Waals surface area contributed by atoms with Crippen molar-refractivity contribution in [1.29, 1.82) is 0 Å². The van der Waals surface area contributed by atoms with Crippen LogP contribution in [0.5, 0.6) is 0 Å². The minimum atomic E-state index is -1.00. The summed E-state index contributed by atoms with van der Waals surface area (Å²) in [5, 5.41) is 2.63. The molecule has 2 rings (SSSR count). The number of hydrogen-bond acceptors (Lipinski definition) is 1. The van der Waals surface area contributed by atoms with Gasteiger partial charge >= 0.3 is 0 Å². The standard InChI is InChI=1S/C15H12ClF4N/c1-21-13(5-8-3-2-4-10(18)15(8)16)14-11(19)6-9(17)7-12(14)20/h2-4,6-7,13,21H,5H2,1H3. The topological polar surface area (TPSA) is 12.0 Å². The van der Waals surface area contributed by atoms with E-state index in [9.17, 15) is 17.6 Å². The van der Waals surface area contributed by atoms with Crippen LogP contribution in [0.25, 0.3) is 0 Å². The first-order valence-electron chi connectivity index (χ1n) is 6.18. The van der Waals surface area contributed by atoms with Gasteiger partial charge in [0.25, 0.3) is 0 Å². The Hall–Kier alpha value is -1.59. The zero-order valence-electron chi connectivity index (χ0n) is 11.1. The lowest BCUT2D eigenvalue weighted by molar-refractivity contribution is 0.474. The first kappa shape index (κ1) is 15.8. The van der Waals surface area contributed by atoms with E-state index in [-0.39, 0.29) is 17.0 Å². The number of halogens is 5. The Kier molecular flexibility index (Phi) is 4.85. The van der Waals surface area contributed by atoms with E-state index < -0.39 is 29.3 Å². The summed E-state index contributed by atoms with van der Waals surface area (Å²) in [6, 6.07) is 4.63. The van der Waals surface area contributed by atoms with Crippen LogP contribution < -0.4 is 5.32 Å². The predicted octanol–water partition coefficient (Wildman–Crippen LogP) is 4.40. The van der Waals surface area contributed by atoms with E-state index in [0.29, 0.717) is 17.7 Å². The van der Waals surface area contributed by atoms with Gasteiger partial charge in [-0.15, -0.1) is 0 Å². The minimum Gasteiger partial charge on any atom is -0.313 e. The molecule has 6 heteroatoms. The van der Waals surface area contributed by atoms with Crippen molar-refractivity contribution in [2.45, 2.75) is 12.5 Å². The Morgan fingerprint density at radius 2 is 1.67 bits per heavy atom. The molecule has 0 aliphatic carbocycles. The normalized spacial score (nSPS) is 12.5. The molecule has 0 aromatic heterocycles. The fourth-order valence-corrected chi connectivity index (χ4v) is 2.36. The average Bonchev–Trinajstić information content (AvgIpc) is 2.41. The van der Waals surface area contributed by atoms with Gasteiger partial charge in [-0.25, -0.2) is 17.6 Å². The summed E-state index contributed by atoms with van der Waals surface area (Å²) in [6.45, 7) is 0. The lowest BCUT2D eigenvalue weighted by atomic mass is 9.97. The fraction of sp³-hybridized carbons (Fsp3) is 0.200. The van der Waals surface area contributed by atoms with Crippen molar-refractivity contribution in [3.8, 4) is 0 Å². The second-order valence-electron chi connectivity index (χ2n) is 4.54. The van der Waals surface area contributed by atoms with Gasteiger partial charge in [-0.2, -0.15) is 0 Å². The monoisotopic (exact) mass is 317 g/mol. The van der Waals surface area contributed by atoms with Crippen LogP contribution in [0.1, 0.15) is 17.2 Å². The van der Waals surface area contributed by atoms with Gasteiger partial charge < -0.3 is 5.32 Å². The largest absolute Gasteiger partial charge is 0.313 e. The van der Waals surface area contributed by atoms with E-state index in [0.717, 1.165) is 0 Å². The van der Waals surface area contributed by atoms with Crippen LogP contribution in [0.15, 0.2) is 30.3 Å².